The molecule has 3 aromatic rings. The fraction of sp³-hybridized carbons (Fsp3) is 0.333. The van der Waals surface area contributed by atoms with Crippen LogP contribution in [0.3, 0.4) is 0 Å². The van der Waals surface area contributed by atoms with Crippen molar-refractivity contribution in [2.45, 2.75) is 50.7 Å². The van der Waals surface area contributed by atoms with Crippen LogP contribution in [-0.4, -0.2) is 58.0 Å². The number of sulfonamides is 1. The third-order valence-corrected chi connectivity index (χ3v) is 8.79. The largest absolute Gasteiger partial charge is 0.493 e. The molecule has 3 rings (SSSR count). The Morgan fingerprint density at radius 1 is 0.952 bits per heavy atom. The predicted octanol–water partition coefficient (Wildman–Crippen LogP) is 5.02. The SMILES string of the molecule is CCC(C)NC(=O)C(C)N(Cc1ccc(F)cc1)C(=O)CN(c1ccc(Cl)cc1)S(=O)(=O)c1ccc(OC)c(OC)c1. The lowest BCUT2D eigenvalue weighted by atomic mass is 10.1. The van der Waals surface area contributed by atoms with Crippen molar-refractivity contribution < 1.29 is 31.9 Å². The molecular weight excluding hydrogens is 585 g/mol. The Balaban J connectivity index is 2.06. The summed E-state index contributed by atoms with van der Waals surface area (Å²) >= 11 is 6.06. The Morgan fingerprint density at radius 3 is 2.14 bits per heavy atom. The lowest BCUT2D eigenvalue weighted by molar-refractivity contribution is -0.139. The van der Waals surface area contributed by atoms with Gasteiger partial charge < -0.3 is 19.7 Å². The van der Waals surface area contributed by atoms with Gasteiger partial charge in [-0.05, 0) is 74.4 Å². The number of anilines is 1. The predicted molar refractivity (Wildman–Crippen MR) is 160 cm³/mol. The minimum absolute atomic E-state index is 0.0565. The molecule has 1 N–H and O–H groups in total. The minimum atomic E-state index is -4.34. The van der Waals surface area contributed by atoms with Crippen molar-refractivity contribution in [3.8, 4) is 11.5 Å². The molecule has 0 aliphatic carbocycles. The lowest BCUT2D eigenvalue weighted by Crippen LogP contribution is -2.52. The quantitative estimate of drug-likeness (QED) is 0.288. The molecule has 0 aliphatic heterocycles. The average molecular weight is 620 g/mol. The molecule has 0 radical (unpaired) electrons. The zero-order chi connectivity index (χ0) is 31.0. The molecule has 2 atom stereocenters. The number of nitrogens with one attached hydrogen (secondary N) is 1. The summed E-state index contributed by atoms with van der Waals surface area (Å²) in [5, 5.41) is 3.24. The summed E-state index contributed by atoms with van der Waals surface area (Å²) in [4.78, 5) is 28.2. The Hall–Kier alpha value is -3.83. The van der Waals surface area contributed by atoms with E-state index in [1.807, 2.05) is 13.8 Å². The summed E-state index contributed by atoms with van der Waals surface area (Å²) in [5.74, 6) is -0.980. The molecule has 0 bridgehead atoms. The third kappa shape index (κ3) is 7.92. The lowest BCUT2D eigenvalue weighted by Gasteiger charge is -2.32. The van der Waals surface area contributed by atoms with Crippen LogP contribution in [0, 0.1) is 5.82 Å². The van der Waals surface area contributed by atoms with Crippen molar-refractivity contribution in [1.29, 1.82) is 0 Å². The Bertz CT molecular complexity index is 1490. The third-order valence-electron chi connectivity index (χ3n) is 6.77. The van der Waals surface area contributed by atoms with E-state index in [9.17, 15) is 22.4 Å². The number of methoxy groups -OCH3 is 2. The van der Waals surface area contributed by atoms with E-state index in [2.05, 4.69) is 5.32 Å². The summed E-state index contributed by atoms with van der Waals surface area (Å²) in [6.45, 7) is 4.63. The van der Waals surface area contributed by atoms with E-state index in [4.69, 9.17) is 21.1 Å². The minimum Gasteiger partial charge on any atom is -0.493 e. The number of carbonyl (C=O) groups is 2. The zero-order valence-corrected chi connectivity index (χ0v) is 25.7. The molecule has 0 heterocycles. The van der Waals surface area contributed by atoms with Gasteiger partial charge in [0.15, 0.2) is 11.5 Å². The van der Waals surface area contributed by atoms with E-state index in [1.54, 1.807) is 6.92 Å². The Morgan fingerprint density at radius 2 is 1.57 bits per heavy atom. The monoisotopic (exact) mass is 619 g/mol. The first kappa shape index (κ1) is 32.7. The van der Waals surface area contributed by atoms with Gasteiger partial charge in [0.2, 0.25) is 11.8 Å². The van der Waals surface area contributed by atoms with E-state index in [1.165, 1.54) is 85.8 Å². The molecule has 9 nitrogen and oxygen atoms in total. The number of carbonyl (C=O) groups excluding carboxylic acids is 2. The highest BCUT2D eigenvalue weighted by Gasteiger charge is 2.33. The molecular formula is C30H35ClFN3O6S. The molecule has 12 heteroatoms. The van der Waals surface area contributed by atoms with Crippen molar-refractivity contribution >= 4 is 39.1 Å². The first-order chi connectivity index (χ1) is 19.9. The normalized spacial score (nSPS) is 12.6. The van der Waals surface area contributed by atoms with Crippen LogP contribution in [0.5, 0.6) is 11.5 Å². The highest BCUT2D eigenvalue weighted by Crippen LogP contribution is 2.32. The van der Waals surface area contributed by atoms with E-state index < -0.39 is 40.2 Å². The van der Waals surface area contributed by atoms with Crippen LogP contribution in [0.4, 0.5) is 10.1 Å². The smallest absolute Gasteiger partial charge is 0.264 e. The van der Waals surface area contributed by atoms with Gasteiger partial charge in [0, 0.05) is 23.7 Å². The van der Waals surface area contributed by atoms with Gasteiger partial charge in [-0.3, -0.25) is 13.9 Å². The maximum Gasteiger partial charge on any atom is 0.264 e. The zero-order valence-electron chi connectivity index (χ0n) is 24.1. The van der Waals surface area contributed by atoms with E-state index in [0.29, 0.717) is 22.8 Å². The standard InChI is InChI=1S/C30H35ClFN3O6S/c1-6-20(2)33-30(37)21(3)34(18-22-7-11-24(32)12-8-22)29(36)19-35(25-13-9-23(31)10-14-25)42(38,39)26-15-16-27(40-4)28(17-26)41-5/h7-17,20-21H,6,18-19H2,1-5H3,(H,33,37). The number of amides is 2. The molecule has 3 aromatic carbocycles. The van der Waals surface area contributed by atoms with Crippen LogP contribution in [-0.2, 0) is 26.2 Å². The van der Waals surface area contributed by atoms with Crippen LogP contribution in [0.1, 0.15) is 32.8 Å². The average Bonchev–Trinajstić information content (AvgIpc) is 2.98. The van der Waals surface area contributed by atoms with Gasteiger partial charge in [0.25, 0.3) is 10.0 Å². The molecule has 2 unspecified atom stereocenters. The van der Waals surface area contributed by atoms with E-state index in [-0.39, 0.29) is 28.9 Å². The molecule has 2 amide bonds. The number of nitrogens with zero attached hydrogens (tertiary/aromatic N) is 2. The van der Waals surface area contributed by atoms with Crippen molar-refractivity contribution in [2.75, 3.05) is 25.1 Å². The van der Waals surface area contributed by atoms with Crippen LogP contribution in [0.2, 0.25) is 5.02 Å². The van der Waals surface area contributed by atoms with Crippen molar-refractivity contribution in [1.82, 2.24) is 10.2 Å². The highest BCUT2D eigenvalue weighted by atomic mass is 35.5. The molecule has 42 heavy (non-hydrogen) atoms. The highest BCUT2D eigenvalue weighted by molar-refractivity contribution is 7.92. The molecule has 0 aromatic heterocycles. The Labute approximate surface area is 251 Å². The van der Waals surface area contributed by atoms with Crippen molar-refractivity contribution in [3.05, 3.63) is 83.1 Å². The first-order valence-electron chi connectivity index (χ1n) is 13.3. The second kappa shape index (κ2) is 14.4. The molecule has 0 fully saturated rings. The van der Waals surface area contributed by atoms with E-state index >= 15 is 0 Å². The first-order valence-corrected chi connectivity index (χ1v) is 15.1. The number of rotatable bonds is 13. The second-order valence-electron chi connectivity index (χ2n) is 9.65. The van der Waals surface area contributed by atoms with Crippen LogP contribution in [0.15, 0.2) is 71.6 Å². The summed E-state index contributed by atoms with van der Waals surface area (Å²) in [6.07, 6.45) is 0.679. The van der Waals surface area contributed by atoms with Gasteiger partial charge in [-0.15, -0.1) is 0 Å². The van der Waals surface area contributed by atoms with Gasteiger partial charge >= 0.3 is 0 Å². The molecule has 0 spiro atoms. The fourth-order valence-electron chi connectivity index (χ4n) is 4.07. The number of benzene rings is 3. The van der Waals surface area contributed by atoms with Crippen LogP contribution in [0.25, 0.3) is 0 Å². The number of hydrogen-bond donors (Lipinski definition) is 1. The van der Waals surface area contributed by atoms with Gasteiger partial charge in [-0.1, -0.05) is 30.7 Å². The van der Waals surface area contributed by atoms with E-state index in [0.717, 1.165) is 4.31 Å². The molecule has 226 valence electrons. The summed E-state index contributed by atoms with van der Waals surface area (Å²) in [6, 6.07) is 14.5. The molecule has 0 aliphatic rings. The maximum atomic E-state index is 14.0. The molecule has 0 saturated carbocycles. The number of ether oxygens (including phenoxy) is 2. The van der Waals surface area contributed by atoms with Gasteiger partial charge in [-0.2, -0.15) is 0 Å². The topological polar surface area (TPSA) is 105 Å². The number of halogens is 2. The number of hydrogen-bond acceptors (Lipinski definition) is 6. The molecule has 0 saturated heterocycles. The van der Waals surface area contributed by atoms with Gasteiger partial charge in [0.05, 0.1) is 24.8 Å². The van der Waals surface area contributed by atoms with Gasteiger partial charge in [0.1, 0.15) is 18.4 Å². The maximum absolute atomic E-state index is 14.0. The van der Waals surface area contributed by atoms with Gasteiger partial charge in [-0.25, -0.2) is 12.8 Å². The van der Waals surface area contributed by atoms with Crippen LogP contribution >= 0.6 is 11.6 Å². The summed E-state index contributed by atoms with van der Waals surface area (Å²) in [7, 11) is -1.53. The second-order valence-corrected chi connectivity index (χ2v) is 11.9. The van der Waals surface area contributed by atoms with Crippen LogP contribution < -0.4 is 19.1 Å². The fourth-order valence-corrected chi connectivity index (χ4v) is 5.63. The summed E-state index contributed by atoms with van der Waals surface area (Å²) < 4.78 is 53.1. The Kier molecular flexibility index (Phi) is 11.2. The summed E-state index contributed by atoms with van der Waals surface area (Å²) in [5.41, 5.74) is 0.745. The van der Waals surface area contributed by atoms with Crippen molar-refractivity contribution in [2.24, 2.45) is 0 Å². The van der Waals surface area contributed by atoms with Crippen molar-refractivity contribution in [3.63, 3.8) is 0 Å².